The summed E-state index contributed by atoms with van der Waals surface area (Å²) in [4.78, 5) is 4.98. The van der Waals surface area contributed by atoms with E-state index in [0.717, 1.165) is 22.4 Å². The third-order valence-electron chi connectivity index (χ3n) is 8.98. The maximum absolute atomic E-state index is 6.66. The van der Waals surface area contributed by atoms with Gasteiger partial charge in [0.05, 0.1) is 5.69 Å². The maximum atomic E-state index is 6.66. The summed E-state index contributed by atoms with van der Waals surface area (Å²) in [6.07, 6.45) is 12.6. The summed E-state index contributed by atoms with van der Waals surface area (Å²) in [6, 6.07) is 20.9. The fourth-order valence-corrected chi connectivity index (χ4v) is 6.87. The Balaban J connectivity index is 1.46. The van der Waals surface area contributed by atoms with Gasteiger partial charge in [-0.3, -0.25) is 4.98 Å². The van der Waals surface area contributed by atoms with Crippen molar-refractivity contribution in [3.63, 3.8) is 0 Å². The minimum absolute atomic E-state index is 0.477. The molecule has 2 aliphatic rings. The fraction of sp³-hybridized carbons (Fsp3) is 0.382. The molecule has 0 spiro atoms. The first-order chi connectivity index (χ1) is 17.7. The molecule has 3 aromatic carbocycles. The minimum Gasteiger partial charge on any atom is -0.455 e. The van der Waals surface area contributed by atoms with Crippen LogP contribution >= 0.6 is 0 Å². The van der Waals surface area contributed by atoms with Gasteiger partial charge in [-0.1, -0.05) is 69.9 Å². The van der Waals surface area contributed by atoms with Gasteiger partial charge in [0, 0.05) is 27.9 Å². The third kappa shape index (κ3) is 3.65. The molecule has 2 nitrogen and oxygen atoms in total. The Kier molecular flexibility index (Phi) is 5.38. The normalized spacial score (nSPS) is 17.4. The number of pyridine rings is 1. The number of fused-ring (bicyclic) bond motifs is 4. The monoisotopic (exact) mass is 473 g/mol. The van der Waals surface area contributed by atoms with E-state index in [0.29, 0.717) is 17.8 Å². The molecule has 2 aromatic heterocycles. The van der Waals surface area contributed by atoms with Gasteiger partial charge in [-0.05, 0) is 89.8 Å². The van der Waals surface area contributed by atoms with Crippen molar-refractivity contribution >= 4 is 32.7 Å². The summed E-state index contributed by atoms with van der Waals surface area (Å²) in [6.45, 7) is 4.49. The highest BCUT2D eigenvalue weighted by molar-refractivity contribution is 6.12. The number of hydrogen-bond donors (Lipinski definition) is 0. The summed E-state index contributed by atoms with van der Waals surface area (Å²) in [7, 11) is 0. The largest absolute Gasteiger partial charge is 0.455 e. The summed E-state index contributed by atoms with van der Waals surface area (Å²) >= 11 is 0. The van der Waals surface area contributed by atoms with Crippen molar-refractivity contribution in [1.82, 2.24) is 4.98 Å². The van der Waals surface area contributed by atoms with Gasteiger partial charge in [0.1, 0.15) is 11.2 Å². The van der Waals surface area contributed by atoms with Crippen molar-refractivity contribution in [3.05, 3.63) is 77.5 Å². The first kappa shape index (κ1) is 22.1. The fourth-order valence-electron chi connectivity index (χ4n) is 6.87. The molecular weight excluding hydrogens is 438 g/mol. The molecule has 7 rings (SSSR count). The standard InChI is InChI=1S/C34H35NO/c1-21(2)24-11-14-29-30-18-27(23-9-5-6-10-23)19-31(34(30)36-32(29)20-24)33-28-13-12-25(22-7-3-4-8-22)17-26(28)15-16-35-33/h11-23H,3-10H2,1-2H3. The number of furan rings is 1. The van der Waals surface area contributed by atoms with Gasteiger partial charge in [-0.25, -0.2) is 0 Å². The molecule has 0 saturated heterocycles. The molecule has 2 heteroatoms. The van der Waals surface area contributed by atoms with E-state index in [2.05, 4.69) is 68.4 Å². The topological polar surface area (TPSA) is 26.0 Å². The van der Waals surface area contributed by atoms with Gasteiger partial charge in [0.15, 0.2) is 0 Å². The van der Waals surface area contributed by atoms with E-state index in [1.54, 1.807) is 0 Å². The summed E-state index contributed by atoms with van der Waals surface area (Å²) in [5, 5.41) is 4.98. The van der Waals surface area contributed by atoms with E-state index in [9.17, 15) is 0 Å². The molecule has 2 saturated carbocycles. The van der Waals surface area contributed by atoms with Crippen LogP contribution in [0.25, 0.3) is 44.0 Å². The van der Waals surface area contributed by atoms with Crippen molar-refractivity contribution in [1.29, 1.82) is 0 Å². The van der Waals surface area contributed by atoms with Crippen molar-refractivity contribution < 1.29 is 4.42 Å². The second-order valence-corrected chi connectivity index (χ2v) is 11.6. The number of hydrogen-bond acceptors (Lipinski definition) is 2. The van der Waals surface area contributed by atoms with E-state index < -0.39 is 0 Å². The highest BCUT2D eigenvalue weighted by Crippen LogP contribution is 2.44. The molecule has 0 bridgehead atoms. The van der Waals surface area contributed by atoms with Gasteiger partial charge in [-0.2, -0.15) is 0 Å². The van der Waals surface area contributed by atoms with Crippen LogP contribution in [0.3, 0.4) is 0 Å². The molecule has 0 unspecified atom stereocenters. The molecule has 0 atom stereocenters. The predicted molar refractivity (Wildman–Crippen MR) is 151 cm³/mol. The highest BCUT2D eigenvalue weighted by atomic mass is 16.3. The molecule has 2 fully saturated rings. The highest BCUT2D eigenvalue weighted by Gasteiger charge is 2.23. The predicted octanol–water partition coefficient (Wildman–Crippen LogP) is 10.2. The Morgan fingerprint density at radius 1 is 0.722 bits per heavy atom. The number of aromatic nitrogens is 1. The molecule has 0 amide bonds. The van der Waals surface area contributed by atoms with Gasteiger partial charge in [-0.15, -0.1) is 0 Å². The lowest BCUT2D eigenvalue weighted by molar-refractivity contribution is 0.667. The number of benzene rings is 3. The van der Waals surface area contributed by atoms with Crippen LogP contribution in [0, 0.1) is 0 Å². The Labute approximate surface area is 213 Å². The zero-order chi connectivity index (χ0) is 24.2. The van der Waals surface area contributed by atoms with E-state index in [4.69, 9.17) is 9.40 Å². The van der Waals surface area contributed by atoms with Crippen molar-refractivity contribution in [2.75, 3.05) is 0 Å². The molecule has 0 aliphatic heterocycles. The Morgan fingerprint density at radius 2 is 1.44 bits per heavy atom. The van der Waals surface area contributed by atoms with E-state index in [1.807, 2.05) is 6.20 Å². The average molecular weight is 474 g/mol. The summed E-state index contributed by atoms with van der Waals surface area (Å²) in [5.41, 5.74) is 8.44. The number of nitrogens with zero attached hydrogens (tertiary/aromatic N) is 1. The quantitative estimate of drug-likeness (QED) is 0.259. The van der Waals surface area contributed by atoms with Gasteiger partial charge >= 0.3 is 0 Å². The average Bonchev–Trinajstić information content (AvgIpc) is 3.68. The molecule has 2 heterocycles. The SMILES string of the molecule is CC(C)c1ccc2c(c1)oc1c(-c3nccc4cc(C5CCCC5)ccc34)cc(C3CCCC3)cc12. The Morgan fingerprint density at radius 3 is 2.19 bits per heavy atom. The summed E-state index contributed by atoms with van der Waals surface area (Å²) in [5.74, 6) is 1.83. The van der Waals surface area contributed by atoms with Gasteiger partial charge in [0.2, 0.25) is 0 Å². The molecular formula is C34H35NO. The first-order valence-electron chi connectivity index (χ1n) is 14.0. The first-order valence-corrected chi connectivity index (χ1v) is 14.0. The molecule has 0 radical (unpaired) electrons. The van der Waals surface area contributed by atoms with Crippen LogP contribution in [0.1, 0.15) is 99.7 Å². The molecule has 5 aromatic rings. The molecule has 36 heavy (non-hydrogen) atoms. The molecule has 2 aliphatic carbocycles. The van der Waals surface area contributed by atoms with E-state index in [1.165, 1.54) is 89.6 Å². The second-order valence-electron chi connectivity index (χ2n) is 11.6. The van der Waals surface area contributed by atoms with Crippen molar-refractivity contribution in [3.8, 4) is 11.3 Å². The smallest absolute Gasteiger partial charge is 0.144 e. The van der Waals surface area contributed by atoms with Crippen LogP contribution in [-0.4, -0.2) is 4.98 Å². The zero-order valence-corrected chi connectivity index (χ0v) is 21.5. The Hall–Kier alpha value is -3.13. The zero-order valence-electron chi connectivity index (χ0n) is 21.5. The van der Waals surface area contributed by atoms with Gasteiger partial charge < -0.3 is 4.42 Å². The van der Waals surface area contributed by atoms with E-state index >= 15 is 0 Å². The van der Waals surface area contributed by atoms with Crippen LogP contribution in [-0.2, 0) is 0 Å². The van der Waals surface area contributed by atoms with Crippen molar-refractivity contribution in [2.45, 2.75) is 83.0 Å². The van der Waals surface area contributed by atoms with Crippen molar-refractivity contribution in [2.24, 2.45) is 0 Å². The lowest BCUT2D eigenvalue weighted by atomic mass is 9.90. The van der Waals surface area contributed by atoms with E-state index in [-0.39, 0.29) is 0 Å². The lowest BCUT2D eigenvalue weighted by Gasteiger charge is -2.15. The molecule has 182 valence electrons. The van der Waals surface area contributed by atoms with Crippen LogP contribution in [0.2, 0.25) is 0 Å². The van der Waals surface area contributed by atoms with Crippen LogP contribution in [0.4, 0.5) is 0 Å². The minimum atomic E-state index is 0.477. The lowest BCUT2D eigenvalue weighted by Crippen LogP contribution is -1.96. The second kappa shape index (κ2) is 8.76. The van der Waals surface area contributed by atoms with Crippen LogP contribution in [0.5, 0.6) is 0 Å². The van der Waals surface area contributed by atoms with Crippen LogP contribution < -0.4 is 0 Å². The molecule has 0 N–H and O–H groups in total. The Bertz CT molecular complexity index is 1580. The van der Waals surface area contributed by atoms with Gasteiger partial charge in [0.25, 0.3) is 0 Å². The summed E-state index contributed by atoms with van der Waals surface area (Å²) < 4.78 is 6.66. The maximum Gasteiger partial charge on any atom is 0.144 e. The number of rotatable bonds is 4. The van der Waals surface area contributed by atoms with Crippen LogP contribution in [0.15, 0.2) is 65.2 Å². The third-order valence-corrected chi connectivity index (χ3v) is 8.98.